The van der Waals surface area contributed by atoms with Crippen molar-refractivity contribution in [1.29, 1.82) is 0 Å². The number of fused-ring (bicyclic) bond motifs is 1. The number of nitrogens with one attached hydrogen (secondary N) is 1. The van der Waals surface area contributed by atoms with Crippen molar-refractivity contribution in [1.82, 2.24) is 14.7 Å². The zero-order valence-electron chi connectivity index (χ0n) is 13.6. The second-order valence-electron chi connectivity index (χ2n) is 5.62. The summed E-state index contributed by atoms with van der Waals surface area (Å²) in [5, 5.41) is 2.80. The summed E-state index contributed by atoms with van der Waals surface area (Å²) in [7, 11) is 0. The number of aryl methyl sites for hydroxylation is 1. The van der Waals surface area contributed by atoms with Gasteiger partial charge in [0.25, 0.3) is 5.91 Å². The van der Waals surface area contributed by atoms with Gasteiger partial charge in [-0.3, -0.25) is 4.79 Å². The Bertz CT molecular complexity index is 876. The van der Waals surface area contributed by atoms with Crippen molar-refractivity contribution in [3.8, 4) is 5.75 Å². The van der Waals surface area contributed by atoms with E-state index in [4.69, 9.17) is 0 Å². The number of amides is 1. The van der Waals surface area contributed by atoms with Crippen molar-refractivity contribution in [2.75, 3.05) is 6.54 Å². The Balaban J connectivity index is 1.54. The average molecular weight is 345 g/mol. The molecule has 0 aliphatic carbocycles. The molecule has 7 heteroatoms. The molecule has 0 aliphatic heterocycles. The molecule has 0 fully saturated rings. The van der Waals surface area contributed by atoms with E-state index < -0.39 is 6.61 Å². The first-order valence-electron chi connectivity index (χ1n) is 7.78. The van der Waals surface area contributed by atoms with Gasteiger partial charge < -0.3 is 14.5 Å². The topological polar surface area (TPSA) is 55.6 Å². The van der Waals surface area contributed by atoms with Crippen LogP contribution in [0.2, 0.25) is 0 Å². The largest absolute Gasteiger partial charge is 0.435 e. The lowest BCUT2D eigenvalue weighted by molar-refractivity contribution is -0.0498. The summed E-state index contributed by atoms with van der Waals surface area (Å²) in [4.78, 5) is 16.5. The summed E-state index contributed by atoms with van der Waals surface area (Å²) in [5.74, 6) is -0.137. The first kappa shape index (κ1) is 16.9. The fourth-order valence-electron chi connectivity index (χ4n) is 2.44. The zero-order valence-corrected chi connectivity index (χ0v) is 13.6. The molecule has 2 heterocycles. The highest BCUT2D eigenvalue weighted by Crippen LogP contribution is 2.15. The van der Waals surface area contributed by atoms with Gasteiger partial charge >= 0.3 is 6.61 Å². The van der Waals surface area contributed by atoms with Crippen LogP contribution in [0.25, 0.3) is 5.65 Å². The van der Waals surface area contributed by atoms with E-state index in [1.54, 1.807) is 22.7 Å². The minimum atomic E-state index is -2.83. The third-order valence-electron chi connectivity index (χ3n) is 3.70. The molecule has 0 saturated carbocycles. The molecule has 0 unspecified atom stereocenters. The quantitative estimate of drug-likeness (QED) is 0.746. The van der Waals surface area contributed by atoms with E-state index in [2.05, 4.69) is 15.0 Å². The van der Waals surface area contributed by atoms with Crippen molar-refractivity contribution < 1.29 is 18.3 Å². The molecule has 1 aromatic carbocycles. The van der Waals surface area contributed by atoms with Crippen molar-refractivity contribution >= 4 is 11.6 Å². The maximum atomic E-state index is 12.2. The molecule has 2 aromatic heterocycles. The molecular weight excluding hydrogens is 328 g/mol. The minimum absolute atomic E-state index is 0.114. The number of hydrogen-bond acceptors (Lipinski definition) is 3. The van der Waals surface area contributed by atoms with Crippen LogP contribution in [0.3, 0.4) is 0 Å². The number of carbonyl (C=O) groups excluding carboxylic acids is 1. The molecule has 0 radical (unpaired) electrons. The highest BCUT2D eigenvalue weighted by molar-refractivity contribution is 5.92. The van der Waals surface area contributed by atoms with E-state index >= 15 is 0 Å². The van der Waals surface area contributed by atoms with Crippen LogP contribution in [0.5, 0.6) is 5.75 Å². The number of benzene rings is 1. The van der Waals surface area contributed by atoms with Gasteiger partial charge in [-0.2, -0.15) is 8.78 Å². The number of carbonyl (C=O) groups is 1. The molecule has 3 rings (SSSR count). The lowest BCUT2D eigenvalue weighted by Crippen LogP contribution is -2.25. The molecule has 5 nitrogen and oxygen atoms in total. The normalized spacial score (nSPS) is 11.0. The fourth-order valence-corrected chi connectivity index (χ4v) is 2.44. The molecule has 0 atom stereocenters. The maximum absolute atomic E-state index is 12.2. The van der Waals surface area contributed by atoms with Gasteiger partial charge in [-0.15, -0.1) is 0 Å². The predicted molar refractivity (Wildman–Crippen MR) is 89.0 cm³/mol. The number of ether oxygens (including phenoxy) is 1. The van der Waals surface area contributed by atoms with Crippen molar-refractivity contribution in [3.63, 3.8) is 0 Å². The summed E-state index contributed by atoms with van der Waals surface area (Å²) >= 11 is 0. The van der Waals surface area contributed by atoms with Crippen LogP contribution in [0.4, 0.5) is 8.78 Å². The summed E-state index contributed by atoms with van der Waals surface area (Å²) < 4.78 is 30.3. The fraction of sp³-hybridized carbons (Fsp3) is 0.222. The Morgan fingerprint density at radius 3 is 2.76 bits per heavy atom. The Kier molecular flexibility index (Phi) is 4.92. The number of rotatable bonds is 6. The van der Waals surface area contributed by atoms with Gasteiger partial charge in [0.2, 0.25) is 0 Å². The van der Waals surface area contributed by atoms with Gasteiger partial charge in [-0.1, -0.05) is 12.1 Å². The molecular formula is C18H17F2N3O2. The standard InChI is InChI=1S/C18H17F2N3O2/c1-12-7-9-23-11-15(22-16(23)10-12)17(24)21-8-6-13-2-4-14(5-3-13)25-18(19)20/h2-5,7,9-11,18H,6,8H2,1H3,(H,21,24). The minimum Gasteiger partial charge on any atom is -0.435 e. The number of pyridine rings is 1. The van der Waals surface area contributed by atoms with Crippen molar-refractivity contribution in [2.24, 2.45) is 0 Å². The maximum Gasteiger partial charge on any atom is 0.387 e. The lowest BCUT2D eigenvalue weighted by Gasteiger charge is -2.06. The summed E-state index contributed by atoms with van der Waals surface area (Å²) in [6, 6.07) is 10.2. The van der Waals surface area contributed by atoms with Crippen molar-refractivity contribution in [3.05, 3.63) is 65.6 Å². The van der Waals surface area contributed by atoms with Crippen LogP contribution in [0, 0.1) is 6.92 Å². The van der Waals surface area contributed by atoms with Crippen LogP contribution in [0.15, 0.2) is 48.8 Å². The van der Waals surface area contributed by atoms with Crippen LogP contribution in [0.1, 0.15) is 21.6 Å². The smallest absolute Gasteiger partial charge is 0.387 e. The van der Waals surface area contributed by atoms with Crippen molar-refractivity contribution in [2.45, 2.75) is 20.0 Å². The van der Waals surface area contributed by atoms with E-state index in [0.717, 1.165) is 16.8 Å². The lowest BCUT2D eigenvalue weighted by atomic mass is 10.1. The van der Waals surface area contributed by atoms with E-state index in [1.807, 2.05) is 25.3 Å². The molecule has 25 heavy (non-hydrogen) atoms. The Morgan fingerprint density at radius 1 is 1.28 bits per heavy atom. The van der Waals surface area contributed by atoms with Crippen LogP contribution >= 0.6 is 0 Å². The van der Waals surface area contributed by atoms with Crippen LogP contribution in [-0.2, 0) is 6.42 Å². The first-order chi connectivity index (χ1) is 12.0. The highest BCUT2D eigenvalue weighted by atomic mass is 19.3. The summed E-state index contributed by atoms with van der Waals surface area (Å²) in [6.45, 7) is -0.452. The third kappa shape index (κ3) is 4.32. The summed E-state index contributed by atoms with van der Waals surface area (Å²) in [6.07, 6.45) is 4.12. The zero-order chi connectivity index (χ0) is 17.8. The van der Waals surface area contributed by atoms with E-state index in [0.29, 0.717) is 18.7 Å². The van der Waals surface area contributed by atoms with Crippen LogP contribution in [-0.4, -0.2) is 28.4 Å². The van der Waals surface area contributed by atoms with Gasteiger partial charge in [0.05, 0.1) is 0 Å². The molecule has 0 aliphatic rings. The monoisotopic (exact) mass is 345 g/mol. The van der Waals surface area contributed by atoms with Crippen LogP contribution < -0.4 is 10.1 Å². The number of alkyl halides is 2. The molecule has 1 amide bonds. The van der Waals surface area contributed by atoms with Gasteiger partial charge in [0, 0.05) is 18.9 Å². The second-order valence-corrected chi connectivity index (χ2v) is 5.62. The molecule has 0 spiro atoms. The number of imidazole rings is 1. The van der Waals surface area contributed by atoms with E-state index in [1.165, 1.54) is 12.1 Å². The Labute approximate surface area is 143 Å². The number of halogens is 2. The summed E-state index contributed by atoms with van der Waals surface area (Å²) in [5.41, 5.74) is 3.06. The van der Waals surface area contributed by atoms with E-state index in [9.17, 15) is 13.6 Å². The molecule has 0 saturated heterocycles. The van der Waals surface area contributed by atoms with Gasteiger partial charge in [0.15, 0.2) is 0 Å². The van der Waals surface area contributed by atoms with Gasteiger partial charge in [-0.25, -0.2) is 4.98 Å². The molecule has 130 valence electrons. The highest BCUT2D eigenvalue weighted by Gasteiger charge is 2.10. The molecule has 0 bridgehead atoms. The Hall–Kier alpha value is -2.96. The first-order valence-corrected chi connectivity index (χ1v) is 7.78. The predicted octanol–water partition coefficient (Wildman–Crippen LogP) is 3.22. The molecule has 1 N–H and O–H groups in total. The number of hydrogen-bond donors (Lipinski definition) is 1. The van der Waals surface area contributed by atoms with Gasteiger partial charge in [0.1, 0.15) is 17.1 Å². The third-order valence-corrected chi connectivity index (χ3v) is 3.70. The molecule has 3 aromatic rings. The number of aromatic nitrogens is 2. The SMILES string of the molecule is Cc1ccn2cc(C(=O)NCCc3ccc(OC(F)F)cc3)nc2c1. The average Bonchev–Trinajstić information content (AvgIpc) is 2.99. The van der Waals surface area contributed by atoms with E-state index in [-0.39, 0.29) is 11.7 Å². The second kappa shape index (κ2) is 7.29. The Morgan fingerprint density at radius 2 is 2.04 bits per heavy atom. The number of nitrogens with zero attached hydrogens (tertiary/aromatic N) is 2. The van der Waals surface area contributed by atoms with Gasteiger partial charge in [-0.05, 0) is 48.7 Å².